The number of sulfonamides is 1. The molecule has 0 fully saturated rings. The van der Waals surface area contributed by atoms with Crippen molar-refractivity contribution in [3.63, 3.8) is 0 Å². The molecule has 2 atom stereocenters. The van der Waals surface area contributed by atoms with Crippen molar-refractivity contribution < 1.29 is 18.0 Å². The van der Waals surface area contributed by atoms with E-state index >= 15 is 0 Å². The van der Waals surface area contributed by atoms with E-state index in [4.69, 9.17) is 0 Å². The standard InChI is InChI=1S/C38H45N3O4S/c1-7-31(6)39-38(43)36(24-32-14-9-8-10-15-32)40(25-33-16-12-11-13-29(33)4)37(42)26-41(34-20-19-28(3)30(5)23-34)46(44,45)35-21-17-27(2)18-22-35/h8-23,31,36H,7,24-26H2,1-6H3,(H,39,43). The summed E-state index contributed by atoms with van der Waals surface area (Å²) < 4.78 is 29.7. The minimum Gasteiger partial charge on any atom is -0.352 e. The van der Waals surface area contributed by atoms with Gasteiger partial charge in [-0.15, -0.1) is 0 Å². The molecule has 4 rings (SSSR count). The summed E-state index contributed by atoms with van der Waals surface area (Å²) in [6.07, 6.45) is 1.000. The minimum absolute atomic E-state index is 0.0879. The Balaban J connectivity index is 1.83. The summed E-state index contributed by atoms with van der Waals surface area (Å²) in [6, 6.07) is 28.3. The number of hydrogen-bond donors (Lipinski definition) is 1. The molecule has 0 aromatic heterocycles. The topological polar surface area (TPSA) is 86.8 Å². The van der Waals surface area contributed by atoms with Gasteiger partial charge in [0.2, 0.25) is 11.8 Å². The van der Waals surface area contributed by atoms with Crippen LogP contribution in [0.5, 0.6) is 0 Å². The molecular formula is C38H45N3O4S. The number of amides is 2. The summed E-state index contributed by atoms with van der Waals surface area (Å²) in [5, 5.41) is 3.08. The van der Waals surface area contributed by atoms with Gasteiger partial charge < -0.3 is 10.2 Å². The quantitative estimate of drug-likeness (QED) is 0.177. The molecule has 0 saturated carbocycles. The van der Waals surface area contributed by atoms with Crippen LogP contribution in [-0.4, -0.2) is 43.8 Å². The summed E-state index contributed by atoms with van der Waals surface area (Å²) in [4.78, 5) is 30.3. The van der Waals surface area contributed by atoms with Gasteiger partial charge >= 0.3 is 0 Å². The first-order valence-corrected chi connectivity index (χ1v) is 17.2. The van der Waals surface area contributed by atoms with Crippen LogP contribution < -0.4 is 9.62 Å². The molecular weight excluding hydrogens is 595 g/mol. The van der Waals surface area contributed by atoms with Crippen LogP contribution >= 0.6 is 0 Å². The second kappa shape index (κ2) is 15.2. The number of rotatable bonds is 13. The Morgan fingerprint density at radius 1 is 0.783 bits per heavy atom. The largest absolute Gasteiger partial charge is 0.352 e. The fraction of sp³-hybridized carbons (Fsp3) is 0.316. The molecule has 0 heterocycles. The molecule has 1 N–H and O–H groups in total. The van der Waals surface area contributed by atoms with Gasteiger partial charge in [0.15, 0.2) is 0 Å². The van der Waals surface area contributed by atoms with Gasteiger partial charge in [-0.3, -0.25) is 13.9 Å². The fourth-order valence-electron chi connectivity index (χ4n) is 5.21. The number of carbonyl (C=O) groups excluding carboxylic acids is 2. The van der Waals surface area contributed by atoms with Crippen molar-refractivity contribution in [2.75, 3.05) is 10.8 Å². The van der Waals surface area contributed by atoms with Crippen molar-refractivity contribution in [1.29, 1.82) is 0 Å². The first-order valence-electron chi connectivity index (χ1n) is 15.8. The lowest BCUT2D eigenvalue weighted by molar-refractivity contribution is -0.140. The Labute approximate surface area is 274 Å². The molecule has 0 spiro atoms. The average molecular weight is 640 g/mol. The van der Waals surface area contributed by atoms with Crippen LogP contribution in [-0.2, 0) is 32.6 Å². The van der Waals surface area contributed by atoms with E-state index in [2.05, 4.69) is 5.32 Å². The van der Waals surface area contributed by atoms with Crippen LogP contribution in [0.2, 0.25) is 0 Å². The van der Waals surface area contributed by atoms with E-state index in [0.717, 1.165) is 39.8 Å². The molecule has 0 aliphatic heterocycles. The van der Waals surface area contributed by atoms with Crippen molar-refractivity contribution in [3.8, 4) is 0 Å². The number of benzene rings is 4. The van der Waals surface area contributed by atoms with E-state index in [1.54, 1.807) is 41.3 Å². The Bertz CT molecular complexity index is 1750. The Hall–Kier alpha value is -4.43. The SMILES string of the molecule is CCC(C)NC(=O)C(Cc1ccccc1)N(Cc1ccccc1C)C(=O)CN(c1ccc(C)c(C)c1)S(=O)(=O)c1ccc(C)cc1. The molecule has 46 heavy (non-hydrogen) atoms. The zero-order valence-corrected chi connectivity index (χ0v) is 28.5. The molecule has 0 radical (unpaired) electrons. The lowest BCUT2D eigenvalue weighted by atomic mass is 10.0. The number of nitrogens with one attached hydrogen (secondary N) is 1. The molecule has 0 aliphatic carbocycles. The van der Waals surface area contributed by atoms with E-state index in [9.17, 15) is 18.0 Å². The molecule has 0 saturated heterocycles. The first-order chi connectivity index (χ1) is 21.9. The van der Waals surface area contributed by atoms with Crippen molar-refractivity contribution in [3.05, 3.63) is 130 Å². The lowest BCUT2D eigenvalue weighted by Crippen LogP contribution is -2.54. The summed E-state index contributed by atoms with van der Waals surface area (Å²) in [6.45, 7) is 11.3. The maximum Gasteiger partial charge on any atom is 0.264 e. The molecule has 2 unspecified atom stereocenters. The molecule has 4 aromatic rings. The fourth-order valence-corrected chi connectivity index (χ4v) is 6.62. The lowest BCUT2D eigenvalue weighted by Gasteiger charge is -2.34. The van der Waals surface area contributed by atoms with Crippen LogP contribution in [0, 0.1) is 27.7 Å². The highest BCUT2D eigenvalue weighted by molar-refractivity contribution is 7.92. The zero-order valence-electron chi connectivity index (χ0n) is 27.7. The minimum atomic E-state index is -4.15. The predicted molar refractivity (Wildman–Crippen MR) is 185 cm³/mol. The van der Waals surface area contributed by atoms with Crippen molar-refractivity contribution in [1.82, 2.24) is 10.2 Å². The van der Waals surface area contributed by atoms with Crippen molar-refractivity contribution >= 4 is 27.5 Å². The molecule has 2 amide bonds. The van der Waals surface area contributed by atoms with Crippen LogP contribution in [0.25, 0.3) is 0 Å². The third-order valence-electron chi connectivity index (χ3n) is 8.54. The van der Waals surface area contributed by atoms with Gasteiger partial charge in [-0.25, -0.2) is 8.42 Å². The van der Waals surface area contributed by atoms with E-state index in [0.29, 0.717) is 5.69 Å². The van der Waals surface area contributed by atoms with Crippen LogP contribution in [0.1, 0.15) is 53.6 Å². The van der Waals surface area contributed by atoms with Gasteiger partial charge in [-0.05, 0) is 93.1 Å². The Morgan fingerprint density at radius 3 is 2.07 bits per heavy atom. The smallest absolute Gasteiger partial charge is 0.264 e. The molecule has 0 aliphatic rings. The van der Waals surface area contributed by atoms with E-state index < -0.39 is 28.5 Å². The monoisotopic (exact) mass is 639 g/mol. The zero-order chi connectivity index (χ0) is 33.4. The summed E-state index contributed by atoms with van der Waals surface area (Å²) in [5.41, 5.74) is 5.97. The van der Waals surface area contributed by atoms with E-state index in [1.807, 2.05) is 102 Å². The number of nitrogens with zero attached hydrogens (tertiary/aromatic N) is 2. The highest BCUT2D eigenvalue weighted by Gasteiger charge is 2.35. The van der Waals surface area contributed by atoms with Gasteiger partial charge in [0, 0.05) is 19.0 Å². The number of anilines is 1. The number of carbonyl (C=O) groups is 2. The van der Waals surface area contributed by atoms with Crippen LogP contribution in [0.15, 0.2) is 102 Å². The van der Waals surface area contributed by atoms with Crippen molar-refractivity contribution in [2.45, 2.75) is 77.9 Å². The number of aryl methyl sites for hydroxylation is 4. The highest BCUT2D eigenvalue weighted by atomic mass is 32.2. The van der Waals surface area contributed by atoms with Crippen molar-refractivity contribution in [2.24, 2.45) is 0 Å². The average Bonchev–Trinajstić information content (AvgIpc) is 3.04. The molecule has 0 bridgehead atoms. The van der Waals surface area contributed by atoms with Gasteiger partial charge in [0.05, 0.1) is 10.6 Å². The Kier molecular flexibility index (Phi) is 11.4. The normalized spacial score (nSPS) is 12.7. The molecule has 8 heteroatoms. The third kappa shape index (κ3) is 8.43. The molecule has 7 nitrogen and oxygen atoms in total. The van der Waals surface area contributed by atoms with Crippen LogP contribution in [0.3, 0.4) is 0 Å². The first kappa shape index (κ1) is 34.4. The maximum atomic E-state index is 14.7. The number of hydrogen-bond acceptors (Lipinski definition) is 4. The third-order valence-corrected chi connectivity index (χ3v) is 10.3. The second-order valence-electron chi connectivity index (χ2n) is 12.1. The van der Waals surface area contributed by atoms with Gasteiger partial charge in [0.1, 0.15) is 12.6 Å². The maximum absolute atomic E-state index is 14.7. The van der Waals surface area contributed by atoms with Crippen LogP contribution in [0.4, 0.5) is 5.69 Å². The van der Waals surface area contributed by atoms with Gasteiger partial charge in [-0.2, -0.15) is 0 Å². The summed E-state index contributed by atoms with van der Waals surface area (Å²) in [5.74, 6) is -0.753. The van der Waals surface area contributed by atoms with Gasteiger partial charge in [0.25, 0.3) is 10.0 Å². The van der Waals surface area contributed by atoms with E-state index in [1.165, 1.54) is 4.31 Å². The predicted octanol–water partition coefficient (Wildman–Crippen LogP) is 6.67. The highest BCUT2D eigenvalue weighted by Crippen LogP contribution is 2.27. The summed E-state index contributed by atoms with van der Waals surface area (Å²) >= 11 is 0. The van der Waals surface area contributed by atoms with Gasteiger partial charge in [-0.1, -0.05) is 85.3 Å². The summed E-state index contributed by atoms with van der Waals surface area (Å²) in [7, 11) is -4.15. The van der Waals surface area contributed by atoms with E-state index in [-0.39, 0.29) is 29.8 Å². The molecule has 242 valence electrons. The Morgan fingerprint density at radius 2 is 1.43 bits per heavy atom. The second-order valence-corrected chi connectivity index (χ2v) is 13.9. The molecule has 4 aromatic carbocycles.